The van der Waals surface area contributed by atoms with Gasteiger partial charge in [-0.15, -0.1) is 0 Å². The second kappa shape index (κ2) is 11.2. The molecule has 4 unspecified atom stereocenters. The molecule has 7 nitrogen and oxygen atoms in total. The van der Waals surface area contributed by atoms with Crippen LogP contribution in [0.15, 0.2) is 4.99 Å². The molecule has 1 saturated heterocycles. The summed E-state index contributed by atoms with van der Waals surface area (Å²) in [5.41, 5.74) is -0.486. The quantitative estimate of drug-likeness (QED) is 0.519. The molecule has 2 rings (SSSR count). The first-order valence-corrected chi connectivity index (χ1v) is 12.5. The lowest BCUT2D eigenvalue weighted by Gasteiger charge is -2.37. The maximum Gasteiger partial charge on any atom is 0.410 e. The van der Waals surface area contributed by atoms with E-state index in [4.69, 9.17) is 4.74 Å². The summed E-state index contributed by atoms with van der Waals surface area (Å²) in [5.74, 6) is 1.49. The molecule has 1 amide bonds. The highest BCUT2D eigenvalue weighted by atomic mass is 32.2. The topological polar surface area (TPSA) is 83.0 Å². The molecule has 168 valence electrons. The molecule has 2 aliphatic rings. The lowest BCUT2D eigenvalue weighted by Crippen LogP contribution is -2.53. The number of carbonyl (C=O) groups excluding carboxylic acids is 1. The lowest BCUT2D eigenvalue weighted by atomic mass is 9.95. The largest absolute Gasteiger partial charge is 0.444 e. The van der Waals surface area contributed by atoms with Crippen LogP contribution in [0.3, 0.4) is 0 Å². The molecule has 2 fully saturated rings. The van der Waals surface area contributed by atoms with Gasteiger partial charge in [0.05, 0.1) is 6.04 Å². The van der Waals surface area contributed by atoms with Gasteiger partial charge < -0.3 is 20.3 Å². The third-order valence-corrected chi connectivity index (χ3v) is 7.35. The van der Waals surface area contributed by atoms with Gasteiger partial charge in [0.2, 0.25) is 0 Å². The van der Waals surface area contributed by atoms with Crippen molar-refractivity contribution in [2.75, 3.05) is 25.9 Å². The van der Waals surface area contributed by atoms with Crippen LogP contribution < -0.4 is 10.6 Å². The first-order valence-electron chi connectivity index (χ1n) is 11.1. The Labute approximate surface area is 178 Å². The van der Waals surface area contributed by atoms with E-state index in [0.29, 0.717) is 12.6 Å². The minimum Gasteiger partial charge on any atom is -0.444 e. The average molecular weight is 429 g/mol. The predicted octanol–water partition coefficient (Wildman–Crippen LogP) is 3.02. The van der Waals surface area contributed by atoms with E-state index in [0.717, 1.165) is 63.2 Å². The van der Waals surface area contributed by atoms with E-state index in [1.165, 1.54) is 0 Å². The number of carbonyl (C=O) groups is 1. The van der Waals surface area contributed by atoms with Crippen LogP contribution in [0.5, 0.6) is 0 Å². The van der Waals surface area contributed by atoms with E-state index in [9.17, 15) is 9.00 Å². The maximum atomic E-state index is 12.6. The molecule has 2 N–H and O–H groups in total. The summed E-state index contributed by atoms with van der Waals surface area (Å²) in [6, 6.07) is 0.396. The van der Waals surface area contributed by atoms with Crippen LogP contribution in [0.4, 0.5) is 4.79 Å². The molecule has 0 bridgehead atoms. The number of ether oxygens (including phenoxy) is 1. The monoisotopic (exact) mass is 428 g/mol. The zero-order chi connectivity index (χ0) is 21.4. The van der Waals surface area contributed by atoms with Crippen LogP contribution in [-0.2, 0) is 15.5 Å². The number of guanidine groups is 1. The van der Waals surface area contributed by atoms with Gasteiger partial charge in [0.1, 0.15) is 5.60 Å². The molecule has 1 aliphatic heterocycles. The van der Waals surface area contributed by atoms with E-state index >= 15 is 0 Å². The van der Waals surface area contributed by atoms with Crippen molar-refractivity contribution >= 4 is 22.9 Å². The highest BCUT2D eigenvalue weighted by Gasteiger charge is 2.31. The normalized spacial score (nSPS) is 27.3. The van der Waals surface area contributed by atoms with Crippen molar-refractivity contribution in [2.45, 2.75) is 95.6 Å². The molecule has 1 heterocycles. The van der Waals surface area contributed by atoms with Gasteiger partial charge in [-0.1, -0.05) is 13.3 Å². The lowest BCUT2D eigenvalue weighted by molar-refractivity contribution is 0.0104. The van der Waals surface area contributed by atoms with Crippen LogP contribution in [0, 0.1) is 0 Å². The number of amides is 1. The van der Waals surface area contributed by atoms with Crippen LogP contribution in [0.2, 0.25) is 0 Å². The van der Waals surface area contributed by atoms with E-state index in [1.54, 1.807) is 7.05 Å². The number of hydrogen-bond acceptors (Lipinski definition) is 4. The smallest absolute Gasteiger partial charge is 0.410 e. The van der Waals surface area contributed by atoms with Gasteiger partial charge in [0, 0.05) is 48.0 Å². The number of hydrogen-bond donors (Lipinski definition) is 2. The summed E-state index contributed by atoms with van der Waals surface area (Å²) < 4.78 is 17.8. The van der Waals surface area contributed by atoms with Crippen LogP contribution in [-0.4, -0.2) is 70.0 Å². The summed E-state index contributed by atoms with van der Waals surface area (Å²) in [5, 5.41) is 7.19. The molecular formula is C21H40N4O3S. The van der Waals surface area contributed by atoms with Crippen LogP contribution >= 0.6 is 0 Å². The first kappa shape index (κ1) is 24.0. The zero-order valence-corrected chi connectivity index (χ0v) is 19.6. The van der Waals surface area contributed by atoms with Gasteiger partial charge in [-0.2, -0.15) is 0 Å². The number of nitrogens with one attached hydrogen (secondary N) is 2. The number of rotatable bonds is 5. The fourth-order valence-electron chi connectivity index (χ4n) is 4.13. The summed E-state index contributed by atoms with van der Waals surface area (Å²) in [6.07, 6.45) is 7.01. The third kappa shape index (κ3) is 7.79. The van der Waals surface area contributed by atoms with Crippen molar-refractivity contribution < 1.29 is 13.7 Å². The number of likely N-dealkylation sites (tertiary alicyclic amines) is 1. The molecule has 0 aromatic carbocycles. The summed E-state index contributed by atoms with van der Waals surface area (Å²) in [6.45, 7) is 9.08. The van der Waals surface area contributed by atoms with Gasteiger partial charge in [-0.25, -0.2) is 4.79 Å². The van der Waals surface area contributed by atoms with Crippen LogP contribution in [0.1, 0.15) is 72.6 Å². The molecule has 0 aromatic heterocycles. The Balaban J connectivity index is 1.88. The maximum absolute atomic E-state index is 12.6. The summed E-state index contributed by atoms with van der Waals surface area (Å²) >= 11 is 0. The standard InChI is InChI=1S/C21H40N4O3S/c1-6-29(27)18-12-9-10-16(14-18)24-19(22-5)23-15-17-11-7-8-13-25(17)20(26)28-21(2,3)4/h16-18H,6-15H2,1-5H3,(H2,22,23,24). The molecular weight excluding hydrogens is 388 g/mol. The Morgan fingerprint density at radius 3 is 2.62 bits per heavy atom. The van der Waals surface area contributed by atoms with E-state index < -0.39 is 16.4 Å². The Kier molecular flexibility index (Phi) is 9.24. The van der Waals surface area contributed by atoms with E-state index in [-0.39, 0.29) is 17.4 Å². The van der Waals surface area contributed by atoms with Crippen molar-refractivity contribution in [1.29, 1.82) is 0 Å². The first-order chi connectivity index (χ1) is 13.7. The fourth-order valence-corrected chi connectivity index (χ4v) is 5.47. The van der Waals surface area contributed by atoms with Crippen molar-refractivity contribution in [2.24, 2.45) is 4.99 Å². The minimum atomic E-state index is -0.735. The third-order valence-electron chi connectivity index (χ3n) is 5.61. The second-order valence-electron chi connectivity index (χ2n) is 9.08. The van der Waals surface area contributed by atoms with Crippen molar-refractivity contribution in [1.82, 2.24) is 15.5 Å². The molecule has 4 atom stereocenters. The predicted molar refractivity (Wildman–Crippen MR) is 120 cm³/mol. The van der Waals surface area contributed by atoms with Gasteiger partial charge in [0.15, 0.2) is 5.96 Å². The highest BCUT2D eigenvalue weighted by molar-refractivity contribution is 7.85. The summed E-state index contributed by atoms with van der Waals surface area (Å²) in [7, 11) is 1.03. The van der Waals surface area contributed by atoms with Gasteiger partial charge in [0.25, 0.3) is 0 Å². The van der Waals surface area contributed by atoms with E-state index in [2.05, 4.69) is 15.6 Å². The molecule has 1 aliphatic carbocycles. The van der Waals surface area contributed by atoms with E-state index in [1.807, 2.05) is 32.6 Å². The van der Waals surface area contributed by atoms with Crippen molar-refractivity contribution in [3.63, 3.8) is 0 Å². The van der Waals surface area contributed by atoms with Crippen molar-refractivity contribution in [3.05, 3.63) is 0 Å². The molecule has 0 spiro atoms. The Hall–Kier alpha value is -1.31. The van der Waals surface area contributed by atoms with Crippen molar-refractivity contribution in [3.8, 4) is 0 Å². The average Bonchev–Trinajstić information content (AvgIpc) is 2.69. The molecule has 1 saturated carbocycles. The van der Waals surface area contributed by atoms with Gasteiger partial charge in [-0.05, 0) is 59.3 Å². The minimum absolute atomic E-state index is 0.101. The second-order valence-corrected chi connectivity index (χ2v) is 11.1. The van der Waals surface area contributed by atoms with Gasteiger partial charge >= 0.3 is 6.09 Å². The Morgan fingerprint density at radius 2 is 1.97 bits per heavy atom. The number of piperidine rings is 1. The number of aliphatic imine (C=N–C) groups is 1. The molecule has 0 radical (unpaired) electrons. The Morgan fingerprint density at radius 1 is 1.21 bits per heavy atom. The zero-order valence-electron chi connectivity index (χ0n) is 18.8. The fraction of sp³-hybridized carbons (Fsp3) is 0.905. The summed E-state index contributed by atoms with van der Waals surface area (Å²) in [4.78, 5) is 18.8. The van der Waals surface area contributed by atoms with Gasteiger partial charge in [-0.3, -0.25) is 9.20 Å². The molecule has 29 heavy (non-hydrogen) atoms. The SMILES string of the molecule is CCS(=O)C1CCCC(NC(=NC)NCC2CCCCN2C(=O)OC(C)(C)C)C1. The molecule has 8 heteroatoms. The highest BCUT2D eigenvalue weighted by Crippen LogP contribution is 2.23. The Bertz CT molecular complexity index is 591. The van der Waals surface area contributed by atoms with Crippen LogP contribution in [0.25, 0.3) is 0 Å². The molecule has 0 aromatic rings. The number of nitrogens with zero attached hydrogens (tertiary/aromatic N) is 2.